The highest BCUT2D eigenvalue weighted by molar-refractivity contribution is 5.96. The Hall–Kier alpha value is -2.47. The molecule has 0 unspecified atom stereocenters. The van der Waals surface area contributed by atoms with Crippen molar-refractivity contribution in [1.82, 2.24) is 9.97 Å². The van der Waals surface area contributed by atoms with Crippen LogP contribution < -0.4 is 0 Å². The van der Waals surface area contributed by atoms with Gasteiger partial charge in [0.05, 0.1) is 5.52 Å². The van der Waals surface area contributed by atoms with Gasteiger partial charge in [-0.25, -0.2) is 9.97 Å². The van der Waals surface area contributed by atoms with E-state index in [0.717, 1.165) is 21.7 Å². The van der Waals surface area contributed by atoms with E-state index in [0.29, 0.717) is 0 Å². The van der Waals surface area contributed by atoms with E-state index in [4.69, 9.17) is 5.26 Å². The van der Waals surface area contributed by atoms with Gasteiger partial charge in [0.2, 0.25) is 5.82 Å². The van der Waals surface area contributed by atoms with E-state index >= 15 is 0 Å². The fourth-order valence-corrected chi connectivity index (χ4v) is 1.77. The normalized spacial score (nSPS) is 10.4. The van der Waals surface area contributed by atoms with E-state index in [9.17, 15) is 0 Å². The minimum atomic E-state index is 0.211. The van der Waals surface area contributed by atoms with Crippen molar-refractivity contribution in [3.63, 3.8) is 0 Å². The fraction of sp³-hybridized carbons (Fsp3) is 0. The summed E-state index contributed by atoms with van der Waals surface area (Å²) in [6, 6.07) is 14.0. The van der Waals surface area contributed by atoms with Crippen LogP contribution in [0.25, 0.3) is 21.7 Å². The monoisotopic (exact) mass is 205 g/mol. The van der Waals surface area contributed by atoms with Crippen LogP contribution in [0.5, 0.6) is 0 Å². The number of nitrogens with zero attached hydrogens (tertiary/aromatic N) is 3. The van der Waals surface area contributed by atoms with Gasteiger partial charge in [-0.2, -0.15) is 5.26 Å². The van der Waals surface area contributed by atoms with Crippen molar-refractivity contribution in [2.45, 2.75) is 0 Å². The van der Waals surface area contributed by atoms with Crippen LogP contribution in [0.15, 0.2) is 42.6 Å². The van der Waals surface area contributed by atoms with Gasteiger partial charge < -0.3 is 0 Å². The maximum Gasteiger partial charge on any atom is 0.232 e. The van der Waals surface area contributed by atoms with Crippen molar-refractivity contribution in [1.29, 1.82) is 5.26 Å². The lowest BCUT2D eigenvalue weighted by Crippen LogP contribution is -1.89. The molecule has 16 heavy (non-hydrogen) atoms. The Morgan fingerprint density at radius 2 is 1.75 bits per heavy atom. The van der Waals surface area contributed by atoms with Crippen molar-refractivity contribution in [3.8, 4) is 6.07 Å². The Morgan fingerprint density at radius 3 is 2.50 bits per heavy atom. The molecule has 74 valence electrons. The number of hydrogen-bond donors (Lipinski definition) is 0. The first-order valence-corrected chi connectivity index (χ1v) is 4.92. The first-order valence-electron chi connectivity index (χ1n) is 4.92. The summed E-state index contributed by atoms with van der Waals surface area (Å²) in [5, 5.41) is 12.0. The zero-order valence-corrected chi connectivity index (χ0v) is 8.38. The molecular formula is C13H7N3. The Bertz CT molecular complexity index is 726. The molecule has 3 rings (SSSR count). The maximum absolute atomic E-state index is 8.74. The summed E-state index contributed by atoms with van der Waals surface area (Å²) in [5.41, 5.74) is 0.810. The lowest BCUT2D eigenvalue weighted by molar-refractivity contribution is 1.16. The van der Waals surface area contributed by atoms with Crippen molar-refractivity contribution in [2.75, 3.05) is 0 Å². The predicted molar refractivity (Wildman–Crippen MR) is 61.8 cm³/mol. The molecule has 2 aromatic carbocycles. The molecule has 0 aliphatic carbocycles. The van der Waals surface area contributed by atoms with Crippen LogP contribution in [0.2, 0.25) is 0 Å². The Labute approximate surface area is 92.0 Å². The second-order valence-electron chi connectivity index (χ2n) is 3.56. The Morgan fingerprint density at radius 1 is 1.00 bits per heavy atom. The van der Waals surface area contributed by atoms with Gasteiger partial charge >= 0.3 is 0 Å². The average Bonchev–Trinajstić information content (AvgIpc) is 2.35. The molecule has 0 radical (unpaired) electrons. The van der Waals surface area contributed by atoms with E-state index in [1.807, 2.05) is 42.5 Å². The standard InChI is InChI=1S/C13H7N3/c14-7-13-15-8-11-5-9-3-1-2-4-10(9)6-12(11)16-13/h1-6,8H. The average molecular weight is 205 g/mol. The molecule has 3 aromatic rings. The summed E-state index contributed by atoms with van der Waals surface area (Å²) < 4.78 is 0. The van der Waals surface area contributed by atoms with Crippen molar-refractivity contribution in [3.05, 3.63) is 48.4 Å². The third-order valence-electron chi connectivity index (χ3n) is 2.55. The molecule has 3 nitrogen and oxygen atoms in total. The molecule has 0 spiro atoms. The highest BCUT2D eigenvalue weighted by Gasteiger charge is 2.00. The molecule has 0 aliphatic heterocycles. The minimum absolute atomic E-state index is 0.211. The van der Waals surface area contributed by atoms with Crippen molar-refractivity contribution in [2.24, 2.45) is 0 Å². The summed E-state index contributed by atoms with van der Waals surface area (Å²) in [4.78, 5) is 8.13. The summed E-state index contributed by atoms with van der Waals surface area (Å²) in [5.74, 6) is 0.211. The summed E-state index contributed by atoms with van der Waals surface area (Å²) in [7, 11) is 0. The predicted octanol–water partition coefficient (Wildman–Crippen LogP) is 2.65. The van der Waals surface area contributed by atoms with E-state index < -0.39 is 0 Å². The van der Waals surface area contributed by atoms with Crippen molar-refractivity contribution >= 4 is 21.7 Å². The van der Waals surface area contributed by atoms with Crippen molar-refractivity contribution < 1.29 is 0 Å². The molecule has 3 heteroatoms. The first kappa shape index (κ1) is 8.81. The lowest BCUT2D eigenvalue weighted by Gasteiger charge is -2.00. The molecular weight excluding hydrogens is 198 g/mol. The van der Waals surface area contributed by atoms with Gasteiger partial charge in [0.15, 0.2) is 0 Å². The Balaban J connectivity index is 2.43. The molecule has 0 saturated carbocycles. The van der Waals surface area contributed by atoms with E-state index in [-0.39, 0.29) is 5.82 Å². The lowest BCUT2D eigenvalue weighted by atomic mass is 10.1. The van der Waals surface area contributed by atoms with Crippen LogP contribution in [0.1, 0.15) is 5.82 Å². The summed E-state index contributed by atoms with van der Waals surface area (Å²) in [6.45, 7) is 0. The van der Waals surface area contributed by atoms with Crippen LogP contribution in [-0.2, 0) is 0 Å². The van der Waals surface area contributed by atoms with Gasteiger partial charge in [-0.1, -0.05) is 24.3 Å². The number of rotatable bonds is 0. The molecule has 0 atom stereocenters. The molecule has 0 fully saturated rings. The van der Waals surface area contributed by atoms with Gasteiger partial charge in [0.1, 0.15) is 6.07 Å². The number of fused-ring (bicyclic) bond motifs is 2. The van der Waals surface area contributed by atoms with Gasteiger partial charge in [-0.05, 0) is 22.9 Å². The van der Waals surface area contributed by atoms with Crippen LogP contribution in [0, 0.1) is 11.3 Å². The first-order chi connectivity index (χ1) is 7.86. The zero-order chi connectivity index (χ0) is 11.0. The highest BCUT2D eigenvalue weighted by Crippen LogP contribution is 2.20. The number of nitriles is 1. The summed E-state index contributed by atoms with van der Waals surface area (Å²) >= 11 is 0. The maximum atomic E-state index is 8.74. The SMILES string of the molecule is N#Cc1ncc2cc3ccccc3cc2n1. The molecule has 1 heterocycles. The number of hydrogen-bond acceptors (Lipinski definition) is 3. The number of aromatic nitrogens is 2. The van der Waals surface area contributed by atoms with Crippen LogP contribution in [0.3, 0.4) is 0 Å². The second kappa shape index (κ2) is 3.28. The highest BCUT2D eigenvalue weighted by atomic mass is 14.9. The topological polar surface area (TPSA) is 49.6 Å². The molecule has 0 saturated heterocycles. The van der Waals surface area contributed by atoms with Gasteiger partial charge in [-0.15, -0.1) is 0 Å². The molecule has 0 aliphatic rings. The van der Waals surface area contributed by atoms with Crippen LogP contribution in [0.4, 0.5) is 0 Å². The summed E-state index contributed by atoms with van der Waals surface area (Å²) in [6.07, 6.45) is 1.69. The molecule has 0 bridgehead atoms. The number of benzene rings is 2. The van der Waals surface area contributed by atoms with E-state index in [1.165, 1.54) is 0 Å². The van der Waals surface area contributed by atoms with Gasteiger partial charge in [0.25, 0.3) is 0 Å². The third-order valence-corrected chi connectivity index (χ3v) is 2.55. The van der Waals surface area contributed by atoms with Crippen LogP contribution in [-0.4, -0.2) is 9.97 Å². The third kappa shape index (κ3) is 1.29. The van der Waals surface area contributed by atoms with Crippen LogP contribution >= 0.6 is 0 Å². The fourth-order valence-electron chi connectivity index (χ4n) is 1.77. The van der Waals surface area contributed by atoms with E-state index in [2.05, 4.69) is 9.97 Å². The zero-order valence-electron chi connectivity index (χ0n) is 8.38. The largest absolute Gasteiger partial charge is 0.232 e. The Kier molecular flexibility index (Phi) is 1.81. The van der Waals surface area contributed by atoms with Gasteiger partial charge in [0, 0.05) is 11.6 Å². The minimum Gasteiger partial charge on any atom is -0.227 e. The quantitative estimate of drug-likeness (QED) is 0.530. The second-order valence-corrected chi connectivity index (χ2v) is 3.56. The van der Waals surface area contributed by atoms with Gasteiger partial charge in [-0.3, -0.25) is 0 Å². The van der Waals surface area contributed by atoms with E-state index in [1.54, 1.807) is 6.20 Å². The molecule has 0 N–H and O–H groups in total. The smallest absolute Gasteiger partial charge is 0.227 e. The molecule has 0 amide bonds. The molecule has 1 aromatic heterocycles.